The molecule has 112 valence electrons. The van der Waals surface area contributed by atoms with E-state index >= 15 is 0 Å². The van der Waals surface area contributed by atoms with Gasteiger partial charge in [0, 0.05) is 18.3 Å². The molecule has 1 heterocycles. The zero-order valence-electron chi connectivity index (χ0n) is 12.6. The van der Waals surface area contributed by atoms with Crippen molar-refractivity contribution in [3.63, 3.8) is 0 Å². The molecule has 1 aromatic heterocycles. The first-order valence-corrected chi connectivity index (χ1v) is 7.47. The van der Waals surface area contributed by atoms with Crippen molar-refractivity contribution in [3.8, 4) is 5.88 Å². The van der Waals surface area contributed by atoms with Gasteiger partial charge in [-0.15, -0.1) is 0 Å². The number of aromatic nitrogens is 2. The van der Waals surface area contributed by atoms with E-state index in [1.165, 1.54) is 0 Å². The average Bonchev–Trinajstić information content (AvgIpc) is 2.35. The Bertz CT molecular complexity index is 437. The van der Waals surface area contributed by atoms with Gasteiger partial charge in [0.05, 0.1) is 12.2 Å². The number of aliphatic hydroxyl groups excluding tert-OH is 1. The number of hydrogen-bond donors (Lipinski definition) is 2. The molecule has 2 N–H and O–H groups in total. The van der Waals surface area contributed by atoms with Crippen molar-refractivity contribution in [3.05, 3.63) is 11.8 Å². The number of anilines is 1. The predicted octanol–water partition coefficient (Wildman–Crippen LogP) is 2.54. The van der Waals surface area contributed by atoms with Gasteiger partial charge in [0.25, 0.3) is 0 Å². The van der Waals surface area contributed by atoms with Crippen LogP contribution in [-0.4, -0.2) is 33.8 Å². The Morgan fingerprint density at radius 1 is 1.40 bits per heavy atom. The van der Waals surface area contributed by atoms with Gasteiger partial charge in [0.1, 0.15) is 0 Å². The molecule has 1 fully saturated rings. The maximum absolute atomic E-state index is 9.69. The Morgan fingerprint density at radius 3 is 2.90 bits per heavy atom. The summed E-state index contributed by atoms with van der Waals surface area (Å²) in [6.45, 7) is 6.70. The van der Waals surface area contributed by atoms with Crippen LogP contribution in [0.3, 0.4) is 0 Å². The van der Waals surface area contributed by atoms with Crippen LogP contribution in [0.2, 0.25) is 0 Å². The van der Waals surface area contributed by atoms with Gasteiger partial charge in [-0.1, -0.05) is 6.42 Å². The summed E-state index contributed by atoms with van der Waals surface area (Å²) in [5, 5.41) is 13.0. The van der Waals surface area contributed by atoms with E-state index < -0.39 is 0 Å². The molecule has 2 rings (SSSR count). The molecule has 20 heavy (non-hydrogen) atoms. The van der Waals surface area contributed by atoms with Crippen LogP contribution >= 0.6 is 0 Å². The summed E-state index contributed by atoms with van der Waals surface area (Å²) < 4.78 is 5.61. The Kier molecular flexibility index (Phi) is 5.17. The van der Waals surface area contributed by atoms with E-state index in [9.17, 15) is 5.11 Å². The summed E-state index contributed by atoms with van der Waals surface area (Å²) in [4.78, 5) is 8.75. The quantitative estimate of drug-likeness (QED) is 0.867. The van der Waals surface area contributed by atoms with Gasteiger partial charge >= 0.3 is 0 Å². The molecule has 2 unspecified atom stereocenters. The van der Waals surface area contributed by atoms with Crippen LogP contribution in [0.4, 0.5) is 5.95 Å². The summed E-state index contributed by atoms with van der Waals surface area (Å²) in [7, 11) is 0. The molecular formula is C15H25N3O2. The molecule has 5 nitrogen and oxygen atoms in total. The second-order valence-electron chi connectivity index (χ2n) is 5.91. The fraction of sp³-hybridized carbons (Fsp3) is 0.733. The number of ether oxygens (including phenoxy) is 1. The van der Waals surface area contributed by atoms with Gasteiger partial charge in [0.15, 0.2) is 0 Å². The number of aliphatic hydroxyl groups is 1. The van der Waals surface area contributed by atoms with Crippen molar-refractivity contribution in [1.82, 2.24) is 9.97 Å². The van der Waals surface area contributed by atoms with E-state index in [1.807, 2.05) is 26.8 Å². The lowest BCUT2D eigenvalue weighted by Crippen LogP contribution is -2.25. The lowest BCUT2D eigenvalue weighted by atomic mass is 9.87. The Balaban J connectivity index is 1.93. The summed E-state index contributed by atoms with van der Waals surface area (Å²) in [6, 6.07) is 1.84. The van der Waals surface area contributed by atoms with Crippen LogP contribution in [-0.2, 0) is 0 Å². The third-order valence-corrected chi connectivity index (χ3v) is 3.49. The predicted molar refractivity (Wildman–Crippen MR) is 79.0 cm³/mol. The lowest BCUT2D eigenvalue weighted by molar-refractivity contribution is 0.104. The SMILES string of the molecule is Cc1cc(OC(C)C)nc(NCC2CCCC(O)C2)n1. The van der Waals surface area contributed by atoms with Crippen LogP contribution < -0.4 is 10.1 Å². The van der Waals surface area contributed by atoms with Gasteiger partial charge < -0.3 is 15.2 Å². The highest BCUT2D eigenvalue weighted by molar-refractivity contribution is 5.30. The van der Waals surface area contributed by atoms with E-state index in [-0.39, 0.29) is 12.2 Å². The second kappa shape index (κ2) is 6.88. The molecule has 0 spiro atoms. The van der Waals surface area contributed by atoms with Crippen molar-refractivity contribution < 1.29 is 9.84 Å². The van der Waals surface area contributed by atoms with E-state index in [4.69, 9.17) is 4.74 Å². The van der Waals surface area contributed by atoms with Crippen LogP contribution in [0.25, 0.3) is 0 Å². The van der Waals surface area contributed by atoms with Crippen LogP contribution in [0.15, 0.2) is 6.07 Å². The second-order valence-corrected chi connectivity index (χ2v) is 5.91. The Labute approximate surface area is 120 Å². The molecule has 2 atom stereocenters. The van der Waals surface area contributed by atoms with E-state index in [0.29, 0.717) is 17.7 Å². The number of rotatable bonds is 5. The fourth-order valence-electron chi connectivity index (χ4n) is 2.60. The van der Waals surface area contributed by atoms with Crippen LogP contribution in [0.1, 0.15) is 45.2 Å². The number of aryl methyl sites for hydroxylation is 1. The minimum atomic E-state index is -0.145. The maximum Gasteiger partial charge on any atom is 0.226 e. The first-order valence-electron chi connectivity index (χ1n) is 7.47. The van der Waals surface area contributed by atoms with Crippen molar-refractivity contribution in [2.45, 2.75) is 58.7 Å². The molecule has 1 aliphatic carbocycles. The van der Waals surface area contributed by atoms with Gasteiger partial charge in [-0.2, -0.15) is 4.98 Å². The maximum atomic E-state index is 9.69. The summed E-state index contributed by atoms with van der Waals surface area (Å²) >= 11 is 0. The molecular weight excluding hydrogens is 254 g/mol. The zero-order valence-corrected chi connectivity index (χ0v) is 12.6. The van der Waals surface area contributed by atoms with E-state index in [2.05, 4.69) is 15.3 Å². The molecule has 1 saturated carbocycles. The Hall–Kier alpha value is -1.36. The smallest absolute Gasteiger partial charge is 0.226 e. The van der Waals surface area contributed by atoms with E-state index in [0.717, 1.165) is 37.9 Å². The third kappa shape index (κ3) is 4.63. The molecule has 0 amide bonds. The van der Waals surface area contributed by atoms with Crippen molar-refractivity contribution in [2.75, 3.05) is 11.9 Å². The van der Waals surface area contributed by atoms with Gasteiger partial charge in [0.2, 0.25) is 11.8 Å². The fourth-order valence-corrected chi connectivity index (χ4v) is 2.60. The molecule has 0 bridgehead atoms. The standard InChI is InChI=1S/C15H25N3O2/c1-10(2)20-14-7-11(3)17-15(18-14)16-9-12-5-4-6-13(19)8-12/h7,10,12-13,19H,4-6,8-9H2,1-3H3,(H,16,17,18). The summed E-state index contributed by atoms with van der Waals surface area (Å²) in [5.41, 5.74) is 0.891. The number of nitrogens with one attached hydrogen (secondary N) is 1. The average molecular weight is 279 g/mol. The molecule has 5 heteroatoms. The molecule has 1 aromatic rings. The van der Waals surface area contributed by atoms with E-state index in [1.54, 1.807) is 0 Å². The molecule has 1 aliphatic rings. The van der Waals surface area contributed by atoms with Crippen molar-refractivity contribution >= 4 is 5.95 Å². The normalized spacial score (nSPS) is 22.9. The summed E-state index contributed by atoms with van der Waals surface area (Å²) in [6.07, 6.45) is 4.02. The first kappa shape index (κ1) is 15.0. The highest BCUT2D eigenvalue weighted by Crippen LogP contribution is 2.24. The van der Waals surface area contributed by atoms with Gasteiger partial charge in [-0.05, 0) is 46.0 Å². The van der Waals surface area contributed by atoms with Crippen molar-refractivity contribution in [2.24, 2.45) is 5.92 Å². The highest BCUT2D eigenvalue weighted by Gasteiger charge is 2.20. The summed E-state index contributed by atoms with van der Waals surface area (Å²) in [5.74, 6) is 1.72. The lowest BCUT2D eigenvalue weighted by Gasteiger charge is -2.25. The number of nitrogens with zero attached hydrogens (tertiary/aromatic N) is 2. The topological polar surface area (TPSA) is 67.3 Å². The molecule has 0 aliphatic heterocycles. The Morgan fingerprint density at radius 2 is 2.20 bits per heavy atom. The number of hydrogen-bond acceptors (Lipinski definition) is 5. The molecule has 0 aromatic carbocycles. The molecule has 0 radical (unpaired) electrons. The van der Waals surface area contributed by atoms with Gasteiger partial charge in [-0.3, -0.25) is 0 Å². The van der Waals surface area contributed by atoms with Crippen LogP contribution in [0.5, 0.6) is 5.88 Å². The minimum absolute atomic E-state index is 0.102. The zero-order chi connectivity index (χ0) is 14.5. The van der Waals surface area contributed by atoms with Gasteiger partial charge in [-0.25, -0.2) is 4.98 Å². The highest BCUT2D eigenvalue weighted by atomic mass is 16.5. The third-order valence-electron chi connectivity index (χ3n) is 3.49. The minimum Gasteiger partial charge on any atom is -0.475 e. The largest absolute Gasteiger partial charge is 0.475 e. The monoisotopic (exact) mass is 279 g/mol. The molecule has 0 saturated heterocycles. The van der Waals surface area contributed by atoms with Crippen molar-refractivity contribution in [1.29, 1.82) is 0 Å². The van der Waals surface area contributed by atoms with Crippen LogP contribution in [0, 0.1) is 12.8 Å². The first-order chi connectivity index (χ1) is 9.52.